The van der Waals surface area contributed by atoms with Crippen LogP contribution in [-0.4, -0.2) is 51.3 Å². The van der Waals surface area contributed by atoms with Crippen LogP contribution in [0, 0.1) is 5.41 Å². The Morgan fingerprint density at radius 1 is 1.24 bits per heavy atom. The number of aromatic nitrogens is 4. The summed E-state index contributed by atoms with van der Waals surface area (Å²) in [6.45, 7) is 5.03. The molecule has 1 saturated heterocycles. The molecule has 1 fully saturated rings. The summed E-state index contributed by atoms with van der Waals surface area (Å²) in [5, 5.41) is 7.45. The van der Waals surface area contributed by atoms with Gasteiger partial charge in [-0.05, 0) is 29.8 Å². The van der Waals surface area contributed by atoms with Crippen LogP contribution in [0.25, 0.3) is 5.69 Å². The third kappa shape index (κ3) is 3.65. The van der Waals surface area contributed by atoms with Gasteiger partial charge in [-0.2, -0.15) is 4.98 Å². The molecule has 2 amide bonds. The molecule has 0 saturated carbocycles. The van der Waals surface area contributed by atoms with E-state index in [9.17, 15) is 4.79 Å². The Kier molecular flexibility index (Phi) is 4.70. The van der Waals surface area contributed by atoms with Crippen LogP contribution in [0.4, 0.5) is 16.4 Å². The summed E-state index contributed by atoms with van der Waals surface area (Å²) in [5.41, 5.74) is 2.60. The second kappa shape index (κ2) is 7.20. The van der Waals surface area contributed by atoms with Gasteiger partial charge in [-0.25, -0.2) is 9.48 Å². The molecule has 8 heteroatoms. The van der Waals surface area contributed by atoms with E-state index in [2.05, 4.69) is 34.2 Å². The molecule has 4 rings (SSSR count). The Balaban J connectivity index is 1.51. The van der Waals surface area contributed by atoms with Crippen molar-refractivity contribution in [2.75, 3.05) is 30.9 Å². The van der Waals surface area contributed by atoms with E-state index in [-0.39, 0.29) is 17.5 Å². The van der Waals surface area contributed by atoms with Gasteiger partial charge in [-0.1, -0.05) is 26.0 Å². The van der Waals surface area contributed by atoms with Gasteiger partial charge in [0.05, 0.1) is 11.7 Å². The van der Waals surface area contributed by atoms with Gasteiger partial charge in [-0.3, -0.25) is 4.98 Å². The average Bonchev–Trinajstić information content (AvgIpc) is 3.18. The van der Waals surface area contributed by atoms with Gasteiger partial charge in [0.1, 0.15) is 6.33 Å². The maximum Gasteiger partial charge on any atom is 0.322 e. The Hall–Kier alpha value is -3.42. The predicted molar refractivity (Wildman–Crippen MR) is 112 cm³/mol. The first-order valence-corrected chi connectivity index (χ1v) is 9.52. The lowest BCUT2D eigenvalue weighted by Gasteiger charge is -2.54. The van der Waals surface area contributed by atoms with Gasteiger partial charge in [0.25, 0.3) is 0 Å². The number of benzene rings is 1. The zero-order valence-corrected chi connectivity index (χ0v) is 17.1. The third-order valence-electron chi connectivity index (χ3n) is 5.13. The number of pyridine rings is 1. The largest absolute Gasteiger partial charge is 0.346 e. The van der Waals surface area contributed by atoms with E-state index in [0.717, 1.165) is 11.3 Å². The average molecular weight is 391 g/mol. The number of carbonyl (C=O) groups excluding carboxylic acids is 1. The third-order valence-corrected chi connectivity index (χ3v) is 5.13. The fourth-order valence-electron chi connectivity index (χ4n) is 3.79. The molecule has 0 radical (unpaired) electrons. The van der Waals surface area contributed by atoms with Crippen LogP contribution in [0.1, 0.15) is 25.5 Å². The molecular formula is C21H25N7O. The Labute approximate surface area is 170 Å². The number of anilines is 2. The van der Waals surface area contributed by atoms with Crippen LogP contribution >= 0.6 is 0 Å². The molecule has 8 nitrogen and oxygen atoms in total. The van der Waals surface area contributed by atoms with Crippen LogP contribution in [0.15, 0.2) is 55.1 Å². The van der Waals surface area contributed by atoms with Gasteiger partial charge >= 0.3 is 6.03 Å². The number of likely N-dealkylation sites (tertiary alicyclic amines) is 1. The second-order valence-electron chi connectivity index (χ2n) is 8.17. The van der Waals surface area contributed by atoms with E-state index in [1.165, 1.54) is 0 Å². The lowest BCUT2D eigenvalue weighted by Crippen LogP contribution is -2.59. The highest BCUT2D eigenvalue weighted by molar-refractivity contribution is 5.90. The highest BCUT2D eigenvalue weighted by Crippen LogP contribution is 2.48. The quantitative estimate of drug-likeness (QED) is 0.738. The fourth-order valence-corrected chi connectivity index (χ4v) is 3.79. The van der Waals surface area contributed by atoms with E-state index in [1.807, 2.05) is 66.5 Å². The van der Waals surface area contributed by atoms with Crippen LogP contribution in [-0.2, 0) is 0 Å². The molecular weight excluding hydrogens is 366 g/mol. The summed E-state index contributed by atoms with van der Waals surface area (Å²) in [5.74, 6) is 0.626. The molecule has 0 bridgehead atoms. The van der Waals surface area contributed by atoms with Gasteiger partial charge in [0.2, 0.25) is 5.95 Å². The SMILES string of the molecule is CN(C)c1ncn(-c2cccc(NC(=O)N3CC(C)(C)[C@H]3c3cccnc3)c2)n1. The van der Waals surface area contributed by atoms with Crippen molar-refractivity contribution in [2.45, 2.75) is 19.9 Å². The van der Waals surface area contributed by atoms with Crippen molar-refractivity contribution in [1.29, 1.82) is 0 Å². The number of amides is 2. The van der Waals surface area contributed by atoms with E-state index < -0.39 is 0 Å². The van der Waals surface area contributed by atoms with Crippen molar-refractivity contribution in [3.63, 3.8) is 0 Å². The van der Waals surface area contributed by atoms with Crippen LogP contribution < -0.4 is 10.2 Å². The van der Waals surface area contributed by atoms with Crippen molar-refractivity contribution in [3.8, 4) is 5.69 Å². The molecule has 3 heterocycles. The van der Waals surface area contributed by atoms with Gasteiger partial charge in [-0.15, -0.1) is 5.10 Å². The normalized spacial score (nSPS) is 17.5. The molecule has 1 aliphatic heterocycles. The molecule has 0 spiro atoms. The monoisotopic (exact) mass is 391 g/mol. The standard InChI is InChI=1S/C21H25N7O/c1-21(2)13-27(18(21)15-7-6-10-22-12-15)20(29)24-16-8-5-9-17(11-16)28-14-23-19(25-28)26(3)4/h5-12,14,18H,13H2,1-4H3,(H,24,29)/t18-/m1/s1. The van der Waals surface area contributed by atoms with Crippen molar-refractivity contribution in [1.82, 2.24) is 24.6 Å². The lowest BCUT2D eigenvalue weighted by atomic mass is 9.72. The zero-order valence-electron chi connectivity index (χ0n) is 17.1. The molecule has 150 valence electrons. The summed E-state index contributed by atoms with van der Waals surface area (Å²) in [4.78, 5) is 25.1. The predicted octanol–water partition coefficient (Wildman–Crippen LogP) is 3.34. The summed E-state index contributed by atoms with van der Waals surface area (Å²) < 4.78 is 1.69. The number of urea groups is 1. The van der Waals surface area contributed by atoms with Gasteiger partial charge in [0, 0.05) is 44.1 Å². The first-order chi connectivity index (χ1) is 13.8. The van der Waals surface area contributed by atoms with Crippen LogP contribution in [0.2, 0.25) is 0 Å². The maximum atomic E-state index is 13.0. The number of nitrogens with zero attached hydrogens (tertiary/aromatic N) is 6. The number of nitrogens with one attached hydrogen (secondary N) is 1. The molecule has 1 aliphatic rings. The molecule has 29 heavy (non-hydrogen) atoms. The summed E-state index contributed by atoms with van der Waals surface area (Å²) in [7, 11) is 3.78. The molecule has 2 aromatic heterocycles. The molecule has 0 aliphatic carbocycles. The highest BCUT2D eigenvalue weighted by Gasteiger charge is 2.49. The minimum absolute atomic E-state index is 0.00246. The number of hydrogen-bond donors (Lipinski definition) is 1. The fraction of sp³-hybridized carbons (Fsp3) is 0.333. The summed E-state index contributed by atoms with van der Waals surface area (Å²) in [6.07, 6.45) is 5.24. The van der Waals surface area contributed by atoms with E-state index >= 15 is 0 Å². The van der Waals surface area contributed by atoms with Crippen molar-refractivity contribution in [3.05, 3.63) is 60.7 Å². The number of rotatable bonds is 4. The minimum Gasteiger partial charge on any atom is -0.346 e. The molecule has 1 aromatic carbocycles. The summed E-state index contributed by atoms with van der Waals surface area (Å²) >= 11 is 0. The Morgan fingerprint density at radius 2 is 2.07 bits per heavy atom. The van der Waals surface area contributed by atoms with Crippen molar-refractivity contribution >= 4 is 17.7 Å². The number of hydrogen-bond acceptors (Lipinski definition) is 5. The van der Waals surface area contributed by atoms with Crippen LogP contribution in [0.3, 0.4) is 0 Å². The van der Waals surface area contributed by atoms with Crippen LogP contribution in [0.5, 0.6) is 0 Å². The Morgan fingerprint density at radius 3 is 2.72 bits per heavy atom. The van der Waals surface area contributed by atoms with Crippen molar-refractivity contribution < 1.29 is 4.79 Å². The first kappa shape index (κ1) is 18.9. The van der Waals surface area contributed by atoms with Crippen molar-refractivity contribution in [2.24, 2.45) is 5.41 Å². The van der Waals surface area contributed by atoms with E-state index in [1.54, 1.807) is 17.2 Å². The highest BCUT2D eigenvalue weighted by atomic mass is 16.2. The summed E-state index contributed by atoms with van der Waals surface area (Å²) in [6, 6.07) is 11.4. The smallest absolute Gasteiger partial charge is 0.322 e. The van der Waals surface area contributed by atoms with E-state index in [0.29, 0.717) is 18.2 Å². The Bertz CT molecular complexity index is 1010. The molecule has 0 unspecified atom stereocenters. The minimum atomic E-state index is -0.122. The molecule has 3 aromatic rings. The maximum absolute atomic E-state index is 13.0. The van der Waals surface area contributed by atoms with E-state index in [4.69, 9.17) is 0 Å². The second-order valence-corrected chi connectivity index (χ2v) is 8.17. The molecule has 1 N–H and O–H groups in total. The first-order valence-electron chi connectivity index (χ1n) is 9.52. The van der Waals surface area contributed by atoms with Gasteiger partial charge in [0.15, 0.2) is 0 Å². The lowest BCUT2D eigenvalue weighted by molar-refractivity contribution is -0.0117. The topological polar surface area (TPSA) is 79.2 Å². The zero-order chi connectivity index (χ0) is 20.6. The number of carbonyl (C=O) groups is 1. The molecule has 1 atom stereocenters. The van der Waals surface area contributed by atoms with Gasteiger partial charge < -0.3 is 15.1 Å².